The summed E-state index contributed by atoms with van der Waals surface area (Å²) in [5.41, 5.74) is 2.88. The van der Waals surface area contributed by atoms with E-state index in [-0.39, 0.29) is 11.8 Å². The van der Waals surface area contributed by atoms with Gasteiger partial charge in [0.15, 0.2) is 5.96 Å². The number of anilines is 2. The molecule has 0 saturated heterocycles. The Labute approximate surface area is 141 Å². The molecule has 0 radical (unpaired) electrons. The highest BCUT2D eigenvalue weighted by molar-refractivity contribution is 6.08. The van der Waals surface area contributed by atoms with Crippen LogP contribution in [0.2, 0.25) is 0 Å². The number of nitrogens with one attached hydrogen (secondary N) is 2. The van der Waals surface area contributed by atoms with E-state index in [1.807, 2.05) is 31.3 Å². The average molecular weight is 321 g/mol. The first-order chi connectivity index (χ1) is 11.6. The van der Waals surface area contributed by atoms with Crippen LogP contribution in [0.25, 0.3) is 10.8 Å². The molecule has 0 spiro atoms. The fraction of sp³-hybridized carbons (Fsp3) is 0.150. The Bertz CT molecular complexity index is 889. The molecule has 24 heavy (non-hydrogen) atoms. The summed E-state index contributed by atoms with van der Waals surface area (Å²) in [5.74, 6) is -0.0216. The van der Waals surface area contributed by atoms with Gasteiger partial charge in [-0.3, -0.25) is 5.41 Å². The number of benzene rings is 3. The van der Waals surface area contributed by atoms with Crippen molar-refractivity contribution >= 4 is 28.1 Å². The molecule has 3 nitrogen and oxygen atoms in total. The molecule has 4 heteroatoms. The monoisotopic (exact) mass is 321 g/mol. The molecule has 0 aromatic heterocycles. The van der Waals surface area contributed by atoms with Crippen LogP contribution in [0.5, 0.6) is 0 Å². The zero-order chi connectivity index (χ0) is 17.1. The van der Waals surface area contributed by atoms with E-state index >= 15 is 0 Å². The summed E-state index contributed by atoms with van der Waals surface area (Å²) in [4.78, 5) is 1.78. The molecule has 0 heterocycles. The number of aryl methyl sites for hydroxylation is 1. The summed E-state index contributed by atoms with van der Waals surface area (Å²) in [5, 5.41) is 12.7. The molecule has 0 atom stereocenters. The minimum absolute atomic E-state index is 0.236. The fourth-order valence-corrected chi connectivity index (χ4v) is 2.71. The van der Waals surface area contributed by atoms with Crippen molar-refractivity contribution in [1.29, 1.82) is 5.41 Å². The summed E-state index contributed by atoms with van der Waals surface area (Å²) < 4.78 is 13.9. The Balaban J connectivity index is 1.88. The molecule has 0 fully saturated rings. The number of hydrogen-bond donors (Lipinski definition) is 2. The van der Waals surface area contributed by atoms with Crippen LogP contribution in [0.15, 0.2) is 60.7 Å². The standard InChI is InChI=1S/C20H20FN3/c1-3-14-7-4-8-15(13-14)24(2)20(22)23-19-12-6-9-16-17(19)10-5-11-18(16)21/h4-13H,3H2,1-2H3,(H2,22,23). The molecule has 0 aliphatic rings. The van der Waals surface area contributed by atoms with E-state index in [1.54, 1.807) is 23.1 Å². The Morgan fingerprint density at radius 1 is 1.04 bits per heavy atom. The van der Waals surface area contributed by atoms with E-state index in [4.69, 9.17) is 5.41 Å². The van der Waals surface area contributed by atoms with Crippen molar-refractivity contribution < 1.29 is 4.39 Å². The second-order valence-corrected chi connectivity index (χ2v) is 5.70. The highest BCUT2D eigenvalue weighted by atomic mass is 19.1. The lowest BCUT2D eigenvalue weighted by atomic mass is 10.1. The zero-order valence-corrected chi connectivity index (χ0v) is 13.8. The van der Waals surface area contributed by atoms with Crippen LogP contribution < -0.4 is 10.2 Å². The first-order valence-electron chi connectivity index (χ1n) is 7.95. The van der Waals surface area contributed by atoms with E-state index in [9.17, 15) is 4.39 Å². The normalized spacial score (nSPS) is 10.6. The molecule has 122 valence electrons. The minimum atomic E-state index is -0.258. The first kappa shape index (κ1) is 16.0. The van der Waals surface area contributed by atoms with Crippen molar-refractivity contribution in [2.24, 2.45) is 0 Å². The molecule has 0 amide bonds. The second kappa shape index (κ2) is 6.71. The van der Waals surface area contributed by atoms with Crippen LogP contribution in [0.1, 0.15) is 12.5 Å². The molecule has 0 bridgehead atoms. The predicted octanol–water partition coefficient (Wildman–Crippen LogP) is 5.02. The van der Waals surface area contributed by atoms with Gasteiger partial charge in [0.2, 0.25) is 0 Å². The predicted molar refractivity (Wildman–Crippen MR) is 99.5 cm³/mol. The van der Waals surface area contributed by atoms with Gasteiger partial charge in [-0.25, -0.2) is 4.39 Å². The van der Waals surface area contributed by atoms with E-state index < -0.39 is 0 Å². The van der Waals surface area contributed by atoms with Crippen LogP contribution in [0, 0.1) is 11.2 Å². The molecule has 3 aromatic rings. The van der Waals surface area contributed by atoms with Gasteiger partial charge >= 0.3 is 0 Å². The van der Waals surface area contributed by atoms with Crippen molar-refractivity contribution in [3.63, 3.8) is 0 Å². The Morgan fingerprint density at radius 2 is 1.75 bits per heavy atom. The molecule has 0 saturated carbocycles. The Hall–Kier alpha value is -2.88. The Morgan fingerprint density at radius 3 is 2.54 bits per heavy atom. The fourth-order valence-electron chi connectivity index (χ4n) is 2.71. The van der Waals surface area contributed by atoms with Crippen molar-refractivity contribution in [1.82, 2.24) is 0 Å². The van der Waals surface area contributed by atoms with Gasteiger partial charge < -0.3 is 10.2 Å². The van der Waals surface area contributed by atoms with Crippen LogP contribution in [-0.4, -0.2) is 13.0 Å². The maximum absolute atomic E-state index is 13.9. The average Bonchev–Trinajstić information content (AvgIpc) is 2.62. The number of hydrogen-bond acceptors (Lipinski definition) is 1. The maximum Gasteiger partial charge on any atom is 0.199 e. The van der Waals surface area contributed by atoms with Crippen molar-refractivity contribution in [3.05, 3.63) is 72.0 Å². The van der Waals surface area contributed by atoms with Gasteiger partial charge in [0.1, 0.15) is 5.82 Å². The lowest BCUT2D eigenvalue weighted by Crippen LogP contribution is -2.32. The topological polar surface area (TPSA) is 39.1 Å². The van der Waals surface area contributed by atoms with Crippen LogP contribution in [0.4, 0.5) is 15.8 Å². The maximum atomic E-state index is 13.9. The minimum Gasteiger partial charge on any atom is -0.326 e. The molecule has 0 aliphatic carbocycles. The smallest absolute Gasteiger partial charge is 0.199 e. The summed E-state index contributed by atoms with van der Waals surface area (Å²) in [7, 11) is 1.84. The third kappa shape index (κ3) is 3.08. The van der Waals surface area contributed by atoms with Gasteiger partial charge in [-0.1, -0.05) is 43.3 Å². The first-order valence-corrected chi connectivity index (χ1v) is 7.95. The largest absolute Gasteiger partial charge is 0.326 e. The molecule has 0 aliphatic heterocycles. The third-order valence-corrected chi connectivity index (χ3v) is 4.16. The number of halogens is 1. The number of guanidine groups is 1. The van der Waals surface area contributed by atoms with E-state index in [0.717, 1.165) is 23.2 Å². The van der Waals surface area contributed by atoms with Gasteiger partial charge in [-0.05, 0) is 36.2 Å². The lowest BCUT2D eigenvalue weighted by molar-refractivity contribution is 0.640. The molecule has 3 aromatic carbocycles. The SMILES string of the molecule is CCc1cccc(N(C)C(=N)Nc2cccc3c(F)cccc23)c1. The number of fused-ring (bicyclic) bond motifs is 1. The summed E-state index contributed by atoms with van der Waals surface area (Å²) >= 11 is 0. The van der Waals surface area contributed by atoms with Crippen LogP contribution in [-0.2, 0) is 6.42 Å². The van der Waals surface area contributed by atoms with Crippen molar-refractivity contribution in [2.45, 2.75) is 13.3 Å². The van der Waals surface area contributed by atoms with Gasteiger partial charge in [-0.15, -0.1) is 0 Å². The summed E-state index contributed by atoms with van der Waals surface area (Å²) in [6, 6.07) is 18.5. The van der Waals surface area contributed by atoms with E-state index in [2.05, 4.69) is 24.4 Å². The van der Waals surface area contributed by atoms with Crippen molar-refractivity contribution in [3.8, 4) is 0 Å². The van der Waals surface area contributed by atoms with Gasteiger partial charge in [0, 0.05) is 29.2 Å². The second-order valence-electron chi connectivity index (χ2n) is 5.70. The molecular weight excluding hydrogens is 301 g/mol. The third-order valence-electron chi connectivity index (χ3n) is 4.16. The molecule has 3 rings (SSSR count). The van der Waals surface area contributed by atoms with Crippen molar-refractivity contribution in [2.75, 3.05) is 17.3 Å². The molecular formula is C20H20FN3. The Kier molecular flexibility index (Phi) is 4.47. The number of nitrogens with zero attached hydrogens (tertiary/aromatic N) is 1. The molecule has 0 unspecified atom stereocenters. The molecule has 2 N–H and O–H groups in total. The summed E-state index contributed by atoms with van der Waals surface area (Å²) in [6.07, 6.45) is 0.949. The van der Waals surface area contributed by atoms with Crippen LogP contribution >= 0.6 is 0 Å². The van der Waals surface area contributed by atoms with Gasteiger partial charge in [0.25, 0.3) is 0 Å². The lowest BCUT2D eigenvalue weighted by Gasteiger charge is -2.22. The van der Waals surface area contributed by atoms with E-state index in [1.165, 1.54) is 11.6 Å². The number of rotatable bonds is 3. The highest BCUT2D eigenvalue weighted by Crippen LogP contribution is 2.26. The quantitative estimate of drug-likeness (QED) is 0.525. The summed E-state index contributed by atoms with van der Waals surface area (Å²) in [6.45, 7) is 2.10. The van der Waals surface area contributed by atoms with Gasteiger partial charge in [-0.2, -0.15) is 0 Å². The van der Waals surface area contributed by atoms with Crippen LogP contribution in [0.3, 0.4) is 0 Å². The highest BCUT2D eigenvalue weighted by Gasteiger charge is 2.10. The van der Waals surface area contributed by atoms with E-state index in [0.29, 0.717) is 5.39 Å². The van der Waals surface area contributed by atoms with Gasteiger partial charge in [0.05, 0.1) is 0 Å². The zero-order valence-electron chi connectivity index (χ0n) is 13.8.